The second-order valence-corrected chi connectivity index (χ2v) is 4.50. The quantitative estimate of drug-likeness (QED) is 0.815. The molecule has 0 atom stereocenters. The highest BCUT2D eigenvalue weighted by atomic mass is 16.5. The summed E-state index contributed by atoms with van der Waals surface area (Å²) in [5, 5.41) is 3.21. The number of nitrogens with one attached hydrogen (secondary N) is 1. The van der Waals surface area contributed by atoms with Crippen LogP contribution in [0.3, 0.4) is 0 Å². The molecular weight excluding hydrogens is 268 g/mol. The fourth-order valence-corrected chi connectivity index (χ4v) is 1.84. The fourth-order valence-electron chi connectivity index (χ4n) is 1.84. The van der Waals surface area contributed by atoms with Gasteiger partial charge in [0.2, 0.25) is 5.88 Å². The number of nitrogens with two attached hydrogens (primary N) is 1. The van der Waals surface area contributed by atoms with Crippen LogP contribution in [0.1, 0.15) is 18.9 Å². The van der Waals surface area contributed by atoms with Gasteiger partial charge in [-0.15, -0.1) is 0 Å². The van der Waals surface area contributed by atoms with Gasteiger partial charge in [-0.3, -0.25) is 0 Å². The third-order valence-corrected chi connectivity index (χ3v) is 2.86. The first-order valence-corrected chi connectivity index (χ1v) is 6.83. The van der Waals surface area contributed by atoms with Crippen LogP contribution in [0.5, 0.6) is 5.88 Å². The molecule has 0 unspecified atom stereocenters. The summed E-state index contributed by atoms with van der Waals surface area (Å²) in [7, 11) is 1.66. The summed E-state index contributed by atoms with van der Waals surface area (Å²) in [5.74, 6) is 0.929. The van der Waals surface area contributed by atoms with Gasteiger partial charge >= 0.3 is 0 Å². The molecule has 3 N–H and O–H groups in total. The lowest BCUT2D eigenvalue weighted by Crippen LogP contribution is -2.06. The highest BCUT2D eigenvalue weighted by molar-refractivity contribution is 5.73. The Morgan fingerprint density at radius 3 is 2.81 bits per heavy atom. The minimum absolute atomic E-state index is 0.401. The van der Waals surface area contributed by atoms with Gasteiger partial charge in [0.05, 0.1) is 13.2 Å². The molecule has 2 rings (SSSR count). The summed E-state index contributed by atoms with van der Waals surface area (Å²) in [5.41, 5.74) is 8.37. The molecule has 0 saturated carbocycles. The Bertz CT molecular complexity index is 590. The summed E-state index contributed by atoms with van der Waals surface area (Å²) in [4.78, 5) is 8.23. The highest BCUT2D eigenvalue weighted by Crippen LogP contribution is 2.28. The zero-order chi connectivity index (χ0) is 15.1. The van der Waals surface area contributed by atoms with Crippen LogP contribution in [-0.4, -0.2) is 23.7 Å². The summed E-state index contributed by atoms with van der Waals surface area (Å²) < 4.78 is 10.7. The highest BCUT2D eigenvalue weighted by Gasteiger charge is 2.11. The normalized spacial score (nSPS) is 10.4. The lowest BCUT2D eigenvalue weighted by Gasteiger charge is -2.14. The first-order chi connectivity index (χ1) is 10.3. The van der Waals surface area contributed by atoms with Crippen molar-refractivity contribution in [2.24, 2.45) is 0 Å². The minimum Gasteiger partial charge on any atom is -0.476 e. The van der Waals surface area contributed by atoms with E-state index >= 15 is 0 Å². The van der Waals surface area contributed by atoms with Gasteiger partial charge in [0.25, 0.3) is 0 Å². The average molecular weight is 288 g/mol. The van der Waals surface area contributed by atoms with Crippen LogP contribution in [0.2, 0.25) is 0 Å². The van der Waals surface area contributed by atoms with Crippen LogP contribution in [-0.2, 0) is 11.3 Å². The number of ether oxygens (including phenoxy) is 2. The Morgan fingerprint density at radius 2 is 2.05 bits per heavy atom. The maximum atomic E-state index is 6.05. The topological polar surface area (TPSA) is 82.3 Å². The number of benzene rings is 1. The number of para-hydroxylation sites is 1. The van der Waals surface area contributed by atoms with E-state index in [0.29, 0.717) is 30.6 Å². The summed E-state index contributed by atoms with van der Waals surface area (Å²) >= 11 is 0. The molecule has 0 spiro atoms. The van der Waals surface area contributed by atoms with Crippen LogP contribution in [0.4, 0.5) is 17.2 Å². The maximum Gasteiger partial charge on any atom is 0.242 e. The van der Waals surface area contributed by atoms with E-state index in [-0.39, 0.29) is 0 Å². The molecule has 0 aliphatic heterocycles. The van der Waals surface area contributed by atoms with Gasteiger partial charge in [0, 0.05) is 18.4 Å². The van der Waals surface area contributed by atoms with Crippen LogP contribution in [0.25, 0.3) is 0 Å². The fraction of sp³-hybridized carbons (Fsp3) is 0.333. The van der Waals surface area contributed by atoms with Crippen molar-refractivity contribution < 1.29 is 9.47 Å². The number of nitrogens with zero attached hydrogens (tertiary/aromatic N) is 2. The van der Waals surface area contributed by atoms with Crippen molar-refractivity contribution in [1.29, 1.82) is 0 Å². The number of hydrogen-bond donors (Lipinski definition) is 2. The van der Waals surface area contributed by atoms with Gasteiger partial charge in [0.1, 0.15) is 12.0 Å². The van der Waals surface area contributed by atoms with Crippen molar-refractivity contribution in [3.05, 3.63) is 36.2 Å². The van der Waals surface area contributed by atoms with Gasteiger partial charge in [-0.2, -0.15) is 4.98 Å². The number of methoxy groups -OCH3 is 1. The maximum absolute atomic E-state index is 6.05. The van der Waals surface area contributed by atoms with E-state index in [9.17, 15) is 0 Å². The number of hydrogen-bond acceptors (Lipinski definition) is 6. The number of anilines is 3. The Labute approximate surface area is 124 Å². The third kappa shape index (κ3) is 3.82. The van der Waals surface area contributed by atoms with Crippen molar-refractivity contribution in [2.75, 3.05) is 24.8 Å². The predicted molar refractivity (Wildman–Crippen MR) is 82.7 cm³/mol. The van der Waals surface area contributed by atoms with E-state index in [1.165, 1.54) is 6.33 Å². The molecule has 1 aromatic heterocycles. The smallest absolute Gasteiger partial charge is 0.242 e. The van der Waals surface area contributed by atoms with E-state index in [1.54, 1.807) is 7.11 Å². The molecule has 2 aromatic rings. The van der Waals surface area contributed by atoms with Gasteiger partial charge < -0.3 is 20.5 Å². The summed E-state index contributed by atoms with van der Waals surface area (Å²) in [6.45, 7) is 3.10. The number of aromatic nitrogens is 2. The second kappa shape index (κ2) is 7.44. The lowest BCUT2D eigenvalue weighted by molar-refractivity contribution is 0.185. The molecule has 0 aliphatic rings. The molecule has 0 radical (unpaired) electrons. The predicted octanol–water partition coefficient (Wildman–Crippen LogP) is 2.74. The first-order valence-electron chi connectivity index (χ1n) is 6.83. The Morgan fingerprint density at radius 1 is 1.24 bits per heavy atom. The van der Waals surface area contributed by atoms with E-state index in [1.807, 2.05) is 31.2 Å². The molecule has 6 heteroatoms. The number of rotatable bonds is 7. The van der Waals surface area contributed by atoms with Crippen LogP contribution < -0.4 is 15.8 Å². The molecule has 0 saturated heterocycles. The van der Waals surface area contributed by atoms with Gasteiger partial charge in [-0.1, -0.05) is 25.1 Å². The van der Waals surface area contributed by atoms with Crippen molar-refractivity contribution in [3.63, 3.8) is 0 Å². The van der Waals surface area contributed by atoms with E-state index < -0.39 is 0 Å². The van der Waals surface area contributed by atoms with E-state index in [4.69, 9.17) is 15.2 Å². The average Bonchev–Trinajstić information content (AvgIpc) is 2.50. The van der Waals surface area contributed by atoms with Crippen molar-refractivity contribution in [2.45, 2.75) is 20.0 Å². The SMILES string of the molecule is CCCOc1ncnc(Nc2ccccc2COC)c1N. The van der Waals surface area contributed by atoms with Crippen molar-refractivity contribution >= 4 is 17.2 Å². The van der Waals surface area contributed by atoms with E-state index in [0.717, 1.165) is 17.7 Å². The van der Waals surface area contributed by atoms with Crippen molar-refractivity contribution in [1.82, 2.24) is 9.97 Å². The molecular formula is C15H20N4O2. The molecule has 0 bridgehead atoms. The largest absolute Gasteiger partial charge is 0.476 e. The minimum atomic E-state index is 0.401. The van der Waals surface area contributed by atoms with Crippen molar-refractivity contribution in [3.8, 4) is 5.88 Å². The first kappa shape index (κ1) is 15.1. The summed E-state index contributed by atoms with van der Waals surface area (Å²) in [6.07, 6.45) is 2.32. The van der Waals surface area contributed by atoms with E-state index in [2.05, 4.69) is 15.3 Å². The Balaban J connectivity index is 2.23. The standard InChI is InChI=1S/C15H20N4O2/c1-3-8-21-15-13(16)14(17-10-18-15)19-12-7-5-4-6-11(12)9-20-2/h4-7,10H,3,8-9,16H2,1-2H3,(H,17,18,19). The molecule has 0 amide bonds. The molecule has 112 valence electrons. The monoisotopic (exact) mass is 288 g/mol. The van der Waals surface area contributed by atoms with Gasteiger partial charge in [-0.25, -0.2) is 4.98 Å². The molecule has 1 aromatic carbocycles. The molecule has 1 heterocycles. The van der Waals surface area contributed by atoms with Crippen LogP contribution >= 0.6 is 0 Å². The molecule has 0 aliphatic carbocycles. The molecule has 6 nitrogen and oxygen atoms in total. The lowest BCUT2D eigenvalue weighted by atomic mass is 10.2. The van der Waals surface area contributed by atoms with Gasteiger partial charge in [0.15, 0.2) is 5.82 Å². The van der Waals surface area contributed by atoms with Crippen LogP contribution in [0, 0.1) is 0 Å². The second-order valence-electron chi connectivity index (χ2n) is 4.50. The zero-order valence-electron chi connectivity index (χ0n) is 12.3. The van der Waals surface area contributed by atoms with Gasteiger partial charge in [-0.05, 0) is 12.5 Å². The Kier molecular flexibility index (Phi) is 5.34. The summed E-state index contributed by atoms with van der Waals surface area (Å²) in [6, 6.07) is 7.83. The third-order valence-electron chi connectivity index (χ3n) is 2.86. The molecule has 21 heavy (non-hydrogen) atoms. The Hall–Kier alpha value is -2.34. The molecule has 0 fully saturated rings. The van der Waals surface area contributed by atoms with Crippen LogP contribution in [0.15, 0.2) is 30.6 Å². The number of nitrogen functional groups attached to an aromatic ring is 1. The zero-order valence-corrected chi connectivity index (χ0v) is 12.3.